The van der Waals surface area contributed by atoms with Crippen LogP contribution >= 0.6 is 23.2 Å². The number of rotatable bonds is 8. The number of ketones is 1. The molecule has 4 atom stereocenters. The van der Waals surface area contributed by atoms with Gasteiger partial charge in [-0.05, 0) is 43.3 Å². The van der Waals surface area contributed by atoms with Crippen LogP contribution in [-0.4, -0.2) is 60.9 Å². The van der Waals surface area contributed by atoms with E-state index in [1.165, 1.54) is 12.1 Å². The van der Waals surface area contributed by atoms with Gasteiger partial charge in [-0.15, -0.1) is 0 Å². The maximum atomic E-state index is 12.9. The van der Waals surface area contributed by atoms with Gasteiger partial charge in [-0.25, -0.2) is 4.79 Å². The smallest absolute Gasteiger partial charge is 0.587 e. The molecule has 3 rings (SSSR count). The number of nitrogens with zero attached hydrogens (tertiary/aromatic N) is 1. The van der Waals surface area contributed by atoms with Crippen molar-refractivity contribution >= 4 is 53.5 Å². The predicted octanol–water partition coefficient (Wildman–Crippen LogP) is 2.99. The number of quaternary nitrogens is 1. The lowest BCUT2D eigenvalue weighted by Gasteiger charge is -2.46. The summed E-state index contributed by atoms with van der Waals surface area (Å²) in [5.41, 5.74) is 0.168. The van der Waals surface area contributed by atoms with Crippen molar-refractivity contribution in [1.82, 2.24) is 5.32 Å². The van der Waals surface area contributed by atoms with Crippen LogP contribution in [0, 0.1) is 5.92 Å². The third-order valence-electron chi connectivity index (χ3n) is 6.58. The first-order valence-electron chi connectivity index (χ1n) is 10.6. The van der Waals surface area contributed by atoms with E-state index < -0.39 is 36.4 Å². The molecule has 0 saturated carbocycles. The molecule has 2 saturated heterocycles. The van der Waals surface area contributed by atoms with Crippen LogP contribution in [0.25, 0.3) is 0 Å². The molecule has 0 radical (unpaired) electrons. The lowest BCUT2D eigenvalue weighted by molar-refractivity contribution is -0.817. The summed E-state index contributed by atoms with van der Waals surface area (Å²) >= 11 is 12.0. The van der Waals surface area contributed by atoms with Crippen LogP contribution in [0.4, 0.5) is 0 Å². The van der Waals surface area contributed by atoms with Crippen molar-refractivity contribution in [2.45, 2.75) is 45.5 Å². The molecule has 0 aromatic heterocycles. The van der Waals surface area contributed by atoms with Gasteiger partial charge in [-0.1, -0.05) is 43.5 Å². The SMILES string of the molecule is CC(C)C[C@H](CC(=O)CNC(=O)c1cc(Cl)ccc1Cl)[B-]12OC(=O)C[N+]1(C)[C@@H](C)C(=O)O2. The number of halogens is 2. The van der Waals surface area contributed by atoms with Gasteiger partial charge < -0.3 is 19.0 Å². The molecule has 1 N–H and O–H groups in total. The monoisotopic (exact) mass is 484 g/mol. The predicted molar refractivity (Wildman–Crippen MR) is 120 cm³/mol. The minimum atomic E-state index is -2.40. The van der Waals surface area contributed by atoms with E-state index in [-0.39, 0.29) is 46.2 Å². The molecule has 2 heterocycles. The third kappa shape index (κ3) is 4.38. The molecule has 1 aromatic rings. The van der Waals surface area contributed by atoms with Crippen LogP contribution in [0.5, 0.6) is 0 Å². The molecule has 2 unspecified atom stereocenters. The molecule has 8 nitrogen and oxygen atoms in total. The van der Waals surface area contributed by atoms with Crippen molar-refractivity contribution in [3.63, 3.8) is 0 Å². The standard InChI is InChI=1S/C21H27BCl2N2O6/c1-12(2)7-14(22-26(4,11-19(28)31-22)13(3)21(30)32-22)8-16(27)10-25-20(29)17-9-15(23)5-6-18(17)24/h5-6,9,12-14H,7-8,10-11H2,1-4H3,(H,25,29)/t13-,14+,22?,26?/m0/s1. The quantitative estimate of drug-likeness (QED) is 0.569. The molecule has 2 aliphatic rings. The molecule has 32 heavy (non-hydrogen) atoms. The fraction of sp³-hybridized carbons (Fsp3) is 0.524. The lowest BCUT2D eigenvalue weighted by Crippen LogP contribution is -2.65. The van der Waals surface area contributed by atoms with Crippen molar-refractivity contribution in [2.75, 3.05) is 20.1 Å². The minimum absolute atomic E-state index is 0.00676. The Hall–Kier alpha value is -2.10. The Labute approximate surface area is 197 Å². The first-order valence-corrected chi connectivity index (χ1v) is 11.3. The molecule has 2 aliphatic heterocycles. The van der Waals surface area contributed by atoms with E-state index in [1.54, 1.807) is 20.0 Å². The highest BCUT2D eigenvalue weighted by molar-refractivity contribution is 6.68. The first-order chi connectivity index (χ1) is 14.9. The molecule has 0 aliphatic carbocycles. The summed E-state index contributed by atoms with van der Waals surface area (Å²) in [6.45, 7) is 3.04. The van der Waals surface area contributed by atoms with Gasteiger partial charge >= 0.3 is 18.6 Å². The molecule has 2 fully saturated rings. The number of fused-ring (bicyclic) bond motifs is 1. The number of likely N-dealkylation sites (N-methyl/N-ethyl adjacent to an activating group) is 1. The van der Waals surface area contributed by atoms with Crippen LogP contribution in [-0.2, 0) is 23.7 Å². The van der Waals surface area contributed by atoms with Gasteiger partial charge in [-0.2, -0.15) is 0 Å². The topological polar surface area (TPSA) is 98.8 Å². The number of Topliss-reactive ketones (excluding diaryl/α,β-unsaturated/α-hetero) is 1. The van der Waals surface area contributed by atoms with E-state index in [0.717, 1.165) is 0 Å². The molecule has 1 amide bonds. The van der Waals surface area contributed by atoms with Crippen LogP contribution in [0.1, 0.15) is 44.0 Å². The average Bonchev–Trinajstić information content (AvgIpc) is 3.06. The number of amides is 1. The van der Waals surface area contributed by atoms with E-state index in [4.69, 9.17) is 32.5 Å². The summed E-state index contributed by atoms with van der Waals surface area (Å²) in [5, 5.41) is 3.13. The Kier molecular flexibility index (Phi) is 6.93. The molecule has 1 aromatic carbocycles. The van der Waals surface area contributed by atoms with E-state index in [1.807, 2.05) is 13.8 Å². The van der Waals surface area contributed by atoms with Crippen molar-refractivity contribution in [3.8, 4) is 0 Å². The van der Waals surface area contributed by atoms with Crippen molar-refractivity contribution in [2.24, 2.45) is 5.92 Å². The van der Waals surface area contributed by atoms with E-state index in [9.17, 15) is 19.2 Å². The summed E-state index contributed by atoms with van der Waals surface area (Å²) in [4.78, 5) is 50.0. The van der Waals surface area contributed by atoms with Crippen LogP contribution < -0.4 is 5.32 Å². The maximum Gasteiger partial charge on any atom is 0.587 e. The summed E-state index contributed by atoms with van der Waals surface area (Å²) < 4.78 is 11.4. The van der Waals surface area contributed by atoms with Gasteiger partial charge in [-0.3, -0.25) is 14.4 Å². The van der Waals surface area contributed by atoms with Crippen LogP contribution in [0.15, 0.2) is 18.2 Å². The molecule has 0 bridgehead atoms. The lowest BCUT2D eigenvalue weighted by atomic mass is 9.51. The molecule has 11 heteroatoms. The molecular formula is C21H27BCl2N2O6. The van der Waals surface area contributed by atoms with Gasteiger partial charge in [0.15, 0.2) is 0 Å². The summed E-state index contributed by atoms with van der Waals surface area (Å²) in [7, 11) is 1.77. The van der Waals surface area contributed by atoms with Gasteiger partial charge in [0, 0.05) is 12.1 Å². The highest BCUT2D eigenvalue weighted by Crippen LogP contribution is 2.48. The van der Waals surface area contributed by atoms with E-state index in [2.05, 4.69) is 5.32 Å². The largest absolute Gasteiger partial charge is 0.600 e. The Bertz CT molecular complexity index is 974. The normalized spacial score (nSPS) is 27.7. The number of nitrogens with one attached hydrogen (secondary N) is 1. The van der Waals surface area contributed by atoms with Gasteiger partial charge in [0.1, 0.15) is 18.4 Å². The third-order valence-corrected chi connectivity index (χ3v) is 7.15. The fourth-order valence-electron chi connectivity index (χ4n) is 4.84. The van der Waals surface area contributed by atoms with Crippen LogP contribution in [0.2, 0.25) is 15.9 Å². The summed E-state index contributed by atoms with van der Waals surface area (Å²) in [6, 6.07) is 3.92. The fourth-order valence-corrected chi connectivity index (χ4v) is 5.22. The summed E-state index contributed by atoms with van der Waals surface area (Å²) in [5.74, 6) is -2.03. The van der Waals surface area contributed by atoms with Gasteiger partial charge in [0.05, 0.1) is 17.1 Å². The Balaban J connectivity index is 1.77. The highest BCUT2D eigenvalue weighted by Gasteiger charge is 2.71. The molecular weight excluding hydrogens is 458 g/mol. The summed E-state index contributed by atoms with van der Waals surface area (Å²) in [6.07, 6.45) is 0.504. The second-order valence-electron chi connectivity index (χ2n) is 9.28. The van der Waals surface area contributed by atoms with Gasteiger partial charge in [0.25, 0.3) is 5.91 Å². The Morgan fingerprint density at radius 3 is 2.59 bits per heavy atom. The number of hydrogen-bond acceptors (Lipinski definition) is 6. The first kappa shape index (κ1) is 24.5. The van der Waals surface area contributed by atoms with Crippen molar-refractivity contribution < 1.29 is 32.9 Å². The second-order valence-corrected chi connectivity index (χ2v) is 10.1. The van der Waals surface area contributed by atoms with E-state index in [0.29, 0.717) is 11.4 Å². The number of benzene rings is 1. The maximum absolute atomic E-state index is 12.9. The average molecular weight is 485 g/mol. The Morgan fingerprint density at radius 2 is 1.94 bits per heavy atom. The number of carbonyl (C=O) groups excluding carboxylic acids is 4. The highest BCUT2D eigenvalue weighted by atomic mass is 35.5. The van der Waals surface area contributed by atoms with Gasteiger partial charge in [0.2, 0.25) is 0 Å². The second kappa shape index (κ2) is 9.04. The van der Waals surface area contributed by atoms with E-state index >= 15 is 0 Å². The Morgan fingerprint density at radius 1 is 1.25 bits per heavy atom. The zero-order chi connectivity index (χ0) is 23.8. The molecule has 174 valence electrons. The van der Waals surface area contributed by atoms with Crippen molar-refractivity contribution in [3.05, 3.63) is 33.8 Å². The van der Waals surface area contributed by atoms with Crippen LogP contribution in [0.3, 0.4) is 0 Å². The molecule has 0 spiro atoms. The zero-order valence-electron chi connectivity index (χ0n) is 18.5. The van der Waals surface area contributed by atoms with Crippen molar-refractivity contribution in [1.29, 1.82) is 0 Å². The zero-order valence-corrected chi connectivity index (χ0v) is 20.0. The number of carbonyl (C=O) groups is 4. The minimum Gasteiger partial charge on any atom is -0.600 e. The number of hydrogen-bond donors (Lipinski definition) is 1.